The number of hydrogen-bond acceptors (Lipinski definition) is 3. The Labute approximate surface area is 84.1 Å². The van der Waals surface area contributed by atoms with E-state index in [1.54, 1.807) is 0 Å². The molecule has 3 heteroatoms. The van der Waals surface area contributed by atoms with Crippen molar-refractivity contribution in [1.29, 1.82) is 0 Å². The van der Waals surface area contributed by atoms with E-state index in [0.717, 1.165) is 6.42 Å². The van der Waals surface area contributed by atoms with Crippen molar-refractivity contribution in [1.82, 2.24) is 0 Å². The summed E-state index contributed by atoms with van der Waals surface area (Å²) in [6.45, 7) is 5.90. The van der Waals surface area contributed by atoms with Gasteiger partial charge in [-0.2, -0.15) is 0 Å². The summed E-state index contributed by atoms with van der Waals surface area (Å²) in [6, 6.07) is 0. The molecule has 0 aromatic rings. The van der Waals surface area contributed by atoms with E-state index in [-0.39, 0.29) is 10.8 Å². The minimum Gasteiger partial charge on any atom is -0.550 e. The molecule has 0 aromatic heterocycles. The van der Waals surface area contributed by atoms with E-state index >= 15 is 0 Å². The molecule has 2 fully saturated rings. The summed E-state index contributed by atoms with van der Waals surface area (Å²) in [7, 11) is 0. The Kier molecular flexibility index (Phi) is 1.65. The summed E-state index contributed by atoms with van der Waals surface area (Å²) in [5, 5.41) is 21.2. The van der Waals surface area contributed by atoms with Gasteiger partial charge in [0, 0.05) is 11.4 Å². The van der Waals surface area contributed by atoms with Gasteiger partial charge in [0.05, 0.1) is 6.10 Å². The highest BCUT2D eigenvalue weighted by atomic mass is 16.4. The fraction of sp³-hybridized carbons (Fsp3) is 0.909. The Morgan fingerprint density at radius 3 is 2.14 bits per heavy atom. The molecule has 0 radical (unpaired) electrons. The number of aliphatic carboxylic acids is 1. The maximum absolute atomic E-state index is 11.3. The summed E-state index contributed by atoms with van der Waals surface area (Å²) in [6.07, 6.45) is 1.30. The lowest BCUT2D eigenvalue weighted by Gasteiger charge is -2.41. The van der Waals surface area contributed by atoms with Crippen LogP contribution in [-0.2, 0) is 4.79 Å². The van der Waals surface area contributed by atoms with Crippen molar-refractivity contribution in [2.24, 2.45) is 16.2 Å². The average molecular weight is 197 g/mol. The van der Waals surface area contributed by atoms with Gasteiger partial charge in [0.15, 0.2) is 0 Å². The fourth-order valence-corrected chi connectivity index (χ4v) is 3.58. The van der Waals surface area contributed by atoms with Crippen molar-refractivity contribution >= 4 is 5.97 Å². The molecule has 0 aliphatic heterocycles. The molecule has 0 saturated heterocycles. The number of carbonyl (C=O) groups excluding carboxylic acids is 1. The van der Waals surface area contributed by atoms with Crippen LogP contribution < -0.4 is 5.11 Å². The summed E-state index contributed by atoms with van der Waals surface area (Å²) < 4.78 is 0. The fourth-order valence-electron chi connectivity index (χ4n) is 3.58. The van der Waals surface area contributed by atoms with Crippen LogP contribution in [0.2, 0.25) is 0 Å². The SMILES string of the molecule is CC1(C)[C@]2(C(=O)[O-])CC[C@@]1(C)[C@@H](O)C2. The Balaban J connectivity index is 2.54. The average Bonchev–Trinajstić information content (AvgIpc) is 2.34. The van der Waals surface area contributed by atoms with Crippen LogP contribution in [0.4, 0.5) is 0 Å². The molecule has 80 valence electrons. The van der Waals surface area contributed by atoms with Gasteiger partial charge in [-0.15, -0.1) is 0 Å². The highest BCUT2D eigenvalue weighted by Crippen LogP contribution is 2.71. The number of carbonyl (C=O) groups is 1. The molecule has 3 nitrogen and oxygen atoms in total. The molecule has 2 bridgehead atoms. The van der Waals surface area contributed by atoms with Crippen molar-refractivity contribution in [3.63, 3.8) is 0 Å². The van der Waals surface area contributed by atoms with E-state index in [2.05, 4.69) is 0 Å². The quantitative estimate of drug-likeness (QED) is 0.658. The van der Waals surface area contributed by atoms with Crippen molar-refractivity contribution in [2.45, 2.75) is 46.1 Å². The number of rotatable bonds is 1. The molecule has 2 aliphatic rings. The molecule has 0 unspecified atom stereocenters. The highest BCUT2D eigenvalue weighted by Gasteiger charge is 2.69. The monoisotopic (exact) mass is 197 g/mol. The Hall–Kier alpha value is -0.570. The van der Waals surface area contributed by atoms with Gasteiger partial charge in [-0.25, -0.2) is 0 Å². The third-order valence-corrected chi connectivity index (χ3v) is 5.36. The zero-order valence-corrected chi connectivity index (χ0v) is 8.96. The van der Waals surface area contributed by atoms with Crippen molar-refractivity contribution < 1.29 is 15.0 Å². The third-order valence-electron chi connectivity index (χ3n) is 5.36. The van der Waals surface area contributed by atoms with Crippen LogP contribution in [0.1, 0.15) is 40.0 Å². The molecular weight excluding hydrogens is 180 g/mol. The first-order valence-corrected chi connectivity index (χ1v) is 5.17. The second-order valence-corrected chi connectivity index (χ2v) is 5.63. The number of aliphatic hydroxyl groups is 1. The topological polar surface area (TPSA) is 60.4 Å². The molecule has 0 aromatic carbocycles. The third kappa shape index (κ3) is 0.724. The van der Waals surface area contributed by atoms with Crippen molar-refractivity contribution in [3.05, 3.63) is 0 Å². The predicted octanol–water partition coefficient (Wildman–Crippen LogP) is 0.314. The molecule has 2 aliphatic carbocycles. The van der Waals surface area contributed by atoms with E-state index in [0.29, 0.717) is 12.8 Å². The normalized spacial score (nSPS) is 49.6. The first kappa shape index (κ1) is 9.97. The molecule has 1 N–H and O–H groups in total. The van der Waals surface area contributed by atoms with Gasteiger partial charge in [0.25, 0.3) is 0 Å². The largest absolute Gasteiger partial charge is 0.550 e. The van der Waals surface area contributed by atoms with Crippen LogP contribution in [0.15, 0.2) is 0 Å². The predicted molar refractivity (Wildman–Crippen MR) is 49.2 cm³/mol. The summed E-state index contributed by atoms with van der Waals surface area (Å²) in [5.74, 6) is -0.984. The maximum atomic E-state index is 11.3. The second kappa shape index (κ2) is 2.32. The number of fused-ring (bicyclic) bond motifs is 2. The van der Waals surface area contributed by atoms with Crippen LogP contribution in [0.25, 0.3) is 0 Å². The number of carboxylic acid groups (broad SMARTS) is 1. The van der Waals surface area contributed by atoms with Gasteiger partial charge in [0.1, 0.15) is 0 Å². The molecule has 2 rings (SSSR count). The zero-order valence-electron chi connectivity index (χ0n) is 8.96. The Morgan fingerprint density at radius 1 is 1.36 bits per heavy atom. The Bertz CT molecular complexity index is 297. The lowest BCUT2D eigenvalue weighted by molar-refractivity contribution is -0.323. The van der Waals surface area contributed by atoms with Gasteiger partial charge < -0.3 is 15.0 Å². The summed E-state index contributed by atoms with van der Waals surface area (Å²) in [5.41, 5.74) is -1.42. The first-order chi connectivity index (χ1) is 6.28. The van der Waals surface area contributed by atoms with Crippen LogP contribution >= 0.6 is 0 Å². The molecule has 0 amide bonds. The van der Waals surface area contributed by atoms with Gasteiger partial charge in [-0.1, -0.05) is 20.8 Å². The highest BCUT2D eigenvalue weighted by molar-refractivity contribution is 5.75. The molecule has 3 atom stereocenters. The Morgan fingerprint density at radius 2 is 1.93 bits per heavy atom. The van der Waals surface area contributed by atoms with Crippen LogP contribution in [0, 0.1) is 16.2 Å². The standard InChI is InChI=1S/C11H18O3/c1-9(2)10(3)4-5-11(9,8(13)14)6-7(10)12/h7,12H,4-6H2,1-3H3,(H,13,14)/p-1/t7-,10-,11+/m0/s1. The number of hydrogen-bond donors (Lipinski definition) is 1. The van der Waals surface area contributed by atoms with Crippen molar-refractivity contribution in [3.8, 4) is 0 Å². The van der Waals surface area contributed by atoms with Crippen LogP contribution in [0.3, 0.4) is 0 Å². The van der Waals surface area contributed by atoms with Crippen LogP contribution in [0.5, 0.6) is 0 Å². The first-order valence-electron chi connectivity index (χ1n) is 5.17. The van der Waals surface area contributed by atoms with Gasteiger partial charge in [-0.05, 0) is 30.1 Å². The number of aliphatic hydroxyl groups excluding tert-OH is 1. The van der Waals surface area contributed by atoms with E-state index in [1.807, 2.05) is 20.8 Å². The molecule has 2 saturated carbocycles. The lowest BCUT2D eigenvalue weighted by Crippen LogP contribution is -2.47. The molecular formula is C11H17O3-. The van der Waals surface area contributed by atoms with Crippen molar-refractivity contribution in [2.75, 3.05) is 0 Å². The van der Waals surface area contributed by atoms with Gasteiger partial charge in [0.2, 0.25) is 0 Å². The molecule has 0 spiro atoms. The summed E-state index contributed by atoms with van der Waals surface area (Å²) >= 11 is 0. The second-order valence-electron chi connectivity index (χ2n) is 5.63. The lowest BCUT2D eigenvalue weighted by atomic mass is 9.65. The van der Waals surface area contributed by atoms with Gasteiger partial charge in [-0.3, -0.25) is 0 Å². The zero-order chi connectivity index (χ0) is 10.8. The van der Waals surface area contributed by atoms with E-state index in [4.69, 9.17) is 0 Å². The molecule has 14 heavy (non-hydrogen) atoms. The number of carboxylic acids is 1. The van der Waals surface area contributed by atoms with Crippen LogP contribution in [-0.4, -0.2) is 17.2 Å². The maximum Gasteiger partial charge on any atom is 0.0608 e. The van der Waals surface area contributed by atoms with Gasteiger partial charge >= 0.3 is 0 Å². The van der Waals surface area contributed by atoms with E-state index < -0.39 is 17.5 Å². The molecule has 0 heterocycles. The minimum absolute atomic E-state index is 0.257. The smallest absolute Gasteiger partial charge is 0.0608 e. The summed E-state index contributed by atoms with van der Waals surface area (Å²) in [4.78, 5) is 11.3. The van der Waals surface area contributed by atoms with E-state index in [1.165, 1.54) is 0 Å². The minimum atomic E-state index is -0.984. The van der Waals surface area contributed by atoms with E-state index in [9.17, 15) is 15.0 Å².